The summed E-state index contributed by atoms with van der Waals surface area (Å²) >= 11 is 0. The number of ether oxygens (including phenoxy) is 1. The van der Waals surface area contributed by atoms with Gasteiger partial charge in [-0.2, -0.15) is 0 Å². The highest BCUT2D eigenvalue weighted by Crippen LogP contribution is 2.33. The van der Waals surface area contributed by atoms with Crippen LogP contribution in [-0.4, -0.2) is 35.8 Å². The van der Waals surface area contributed by atoms with Crippen molar-refractivity contribution in [2.24, 2.45) is 5.92 Å². The molecular weight excluding hydrogens is 378 g/mol. The zero-order valence-electron chi connectivity index (χ0n) is 16.5. The van der Waals surface area contributed by atoms with Gasteiger partial charge in [0.2, 0.25) is 5.88 Å². The number of rotatable bonds is 8. The number of halogens is 2. The fourth-order valence-corrected chi connectivity index (χ4v) is 3.65. The van der Waals surface area contributed by atoms with Gasteiger partial charge >= 0.3 is 5.97 Å². The number of carboxylic acids is 1. The number of carbonyl (C=O) groups is 1. The lowest BCUT2D eigenvalue weighted by Gasteiger charge is -2.34. The second-order valence-corrected chi connectivity index (χ2v) is 7.36. The summed E-state index contributed by atoms with van der Waals surface area (Å²) in [5.41, 5.74) is 0.793. The van der Waals surface area contributed by atoms with Crippen LogP contribution in [0.2, 0.25) is 0 Å². The van der Waals surface area contributed by atoms with Gasteiger partial charge in [0, 0.05) is 31.1 Å². The molecule has 1 aliphatic rings. The van der Waals surface area contributed by atoms with Crippen LogP contribution >= 0.6 is 0 Å². The Kier molecular flexibility index (Phi) is 7.01. The van der Waals surface area contributed by atoms with Gasteiger partial charge in [-0.15, -0.1) is 0 Å². The number of hydrogen-bond acceptors (Lipinski definition) is 4. The molecule has 156 valence electrons. The molecule has 2 aromatic rings. The summed E-state index contributed by atoms with van der Waals surface area (Å²) in [6, 6.07) is 7.77. The normalized spacial score (nSPS) is 14.8. The van der Waals surface area contributed by atoms with Crippen molar-refractivity contribution in [3.05, 3.63) is 42.0 Å². The van der Waals surface area contributed by atoms with Crippen LogP contribution in [0.4, 0.5) is 14.5 Å². The summed E-state index contributed by atoms with van der Waals surface area (Å²) in [6.07, 6.45) is 3.04. The molecule has 3 rings (SSSR count). The minimum absolute atomic E-state index is 0.0242. The lowest BCUT2D eigenvalue weighted by Crippen LogP contribution is -2.35. The highest BCUT2D eigenvalue weighted by Gasteiger charge is 2.25. The van der Waals surface area contributed by atoms with Crippen molar-refractivity contribution in [3.8, 4) is 17.1 Å². The zero-order valence-corrected chi connectivity index (χ0v) is 16.5. The third kappa shape index (κ3) is 5.43. The lowest BCUT2D eigenvalue weighted by atomic mass is 9.92. The minimum Gasteiger partial charge on any atom is -0.481 e. The van der Waals surface area contributed by atoms with Crippen molar-refractivity contribution in [2.45, 2.75) is 39.0 Å². The lowest BCUT2D eigenvalue weighted by molar-refractivity contribution is -0.137. The van der Waals surface area contributed by atoms with Crippen LogP contribution in [0, 0.1) is 17.6 Å². The first-order valence-corrected chi connectivity index (χ1v) is 10.0. The molecule has 0 spiro atoms. The highest BCUT2D eigenvalue weighted by atomic mass is 19.1. The summed E-state index contributed by atoms with van der Waals surface area (Å²) in [7, 11) is 0. The summed E-state index contributed by atoms with van der Waals surface area (Å²) in [5.74, 6) is -1.34. The van der Waals surface area contributed by atoms with Gasteiger partial charge in [0.05, 0.1) is 12.3 Å². The van der Waals surface area contributed by atoms with E-state index in [2.05, 4.69) is 4.98 Å². The fourth-order valence-electron chi connectivity index (χ4n) is 3.65. The topological polar surface area (TPSA) is 62.7 Å². The molecule has 5 nitrogen and oxygen atoms in total. The van der Waals surface area contributed by atoms with E-state index in [1.165, 1.54) is 12.1 Å². The molecule has 0 atom stereocenters. The first-order valence-electron chi connectivity index (χ1n) is 10.0. The van der Waals surface area contributed by atoms with Crippen LogP contribution in [-0.2, 0) is 4.79 Å². The molecule has 0 radical (unpaired) electrons. The molecule has 0 aliphatic carbocycles. The van der Waals surface area contributed by atoms with Crippen molar-refractivity contribution in [3.63, 3.8) is 0 Å². The molecule has 0 saturated carbocycles. The second kappa shape index (κ2) is 9.67. The number of aromatic nitrogens is 1. The number of anilines is 1. The van der Waals surface area contributed by atoms with Gasteiger partial charge in [0.25, 0.3) is 0 Å². The molecule has 2 heterocycles. The zero-order chi connectivity index (χ0) is 20.8. The Morgan fingerprint density at radius 2 is 1.93 bits per heavy atom. The molecular formula is C22H26F2N2O3. The van der Waals surface area contributed by atoms with E-state index >= 15 is 0 Å². The van der Waals surface area contributed by atoms with Crippen LogP contribution < -0.4 is 9.64 Å². The third-order valence-electron chi connectivity index (χ3n) is 5.19. The van der Waals surface area contributed by atoms with Gasteiger partial charge in [-0.1, -0.05) is 13.0 Å². The van der Waals surface area contributed by atoms with Gasteiger partial charge in [-0.25, -0.2) is 13.8 Å². The Labute approximate surface area is 169 Å². The smallest absolute Gasteiger partial charge is 0.303 e. The largest absolute Gasteiger partial charge is 0.481 e. The molecule has 7 heteroatoms. The predicted octanol–water partition coefficient (Wildman–Crippen LogP) is 4.90. The number of hydrogen-bond donors (Lipinski definition) is 1. The monoisotopic (exact) mass is 404 g/mol. The molecule has 1 saturated heterocycles. The third-order valence-corrected chi connectivity index (χ3v) is 5.19. The van der Waals surface area contributed by atoms with E-state index in [4.69, 9.17) is 9.84 Å². The van der Waals surface area contributed by atoms with E-state index in [0.717, 1.165) is 19.3 Å². The molecule has 29 heavy (non-hydrogen) atoms. The number of nitrogens with zero attached hydrogens (tertiary/aromatic N) is 2. The first-order chi connectivity index (χ1) is 14.0. The van der Waals surface area contributed by atoms with Crippen molar-refractivity contribution in [1.29, 1.82) is 0 Å². The molecule has 1 aliphatic heterocycles. The summed E-state index contributed by atoms with van der Waals surface area (Å²) in [5, 5.41) is 8.80. The van der Waals surface area contributed by atoms with Gasteiger partial charge < -0.3 is 14.7 Å². The van der Waals surface area contributed by atoms with E-state index in [1.54, 1.807) is 23.1 Å². The SMILES string of the molecule is CCCOc1cccc(-c2cc(F)c(N3CCC(CCC(=O)O)CC3)c(F)c2)n1. The number of carboxylic acid groups (broad SMARTS) is 1. The predicted molar refractivity (Wildman–Crippen MR) is 107 cm³/mol. The average Bonchev–Trinajstić information content (AvgIpc) is 2.71. The number of piperidine rings is 1. The second-order valence-electron chi connectivity index (χ2n) is 7.36. The van der Waals surface area contributed by atoms with Crippen LogP contribution in [0.5, 0.6) is 5.88 Å². The van der Waals surface area contributed by atoms with Gasteiger partial charge in [0.1, 0.15) is 17.3 Å². The maximum Gasteiger partial charge on any atom is 0.303 e. The Morgan fingerprint density at radius 1 is 1.24 bits per heavy atom. The Bertz CT molecular complexity index is 829. The highest BCUT2D eigenvalue weighted by molar-refractivity contribution is 5.66. The molecule has 1 aromatic carbocycles. The van der Waals surface area contributed by atoms with E-state index in [-0.39, 0.29) is 18.0 Å². The minimum atomic E-state index is -0.808. The maximum absolute atomic E-state index is 14.8. The quantitative estimate of drug-likeness (QED) is 0.678. The van der Waals surface area contributed by atoms with E-state index in [0.29, 0.717) is 43.3 Å². The first kappa shape index (κ1) is 21.0. The fraction of sp³-hybridized carbons (Fsp3) is 0.455. The van der Waals surface area contributed by atoms with E-state index in [1.807, 2.05) is 6.92 Å². The molecule has 0 amide bonds. The van der Waals surface area contributed by atoms with Crippen molar-refractivity contribution in [1.82, 2.24) is 4.98 Å². The Balaban J connectivity index is 1.73. The molecule has 0 bridgehead atoms. The van der Waals surface area contributed by atoms with Gasteiger partial charge in [0.15, 0.2) is 0 Å². The Hall–Kier alpha value is -2.70. The van der Waals surface area contributed by atoms with Crippen LogP contribution in [0.15, 0.2) is 30.3 Å². The standard InChI is InChI=1S/C22H26F2N2O3/c1-2-12-29-20-5-3-4-19(25-20)16-13-17(23)22(18(24)14-16)26-10-8-15(9-11-26)6-7-21(27)28/h3-5,13-15H,2,6-12H2,1H3,(H,27,28). The number of pyridine rings is 1. The van der Waals surface area contributed by atoms with Crippen LogP contribution in [0.1, 0.15) is 39.0 Å². The van der Waals surface area contributed by atoms with E-state index < -0.39 is 17.6 Å². The maximum atomic E-state index is 14.8. The molecule has 1 N–H and O–H groups in total. The summed E-state index contributed by atoms with van der Waals surface area (Å²) in [6.45, 7) is 3.54. The van der Waals surface area contributed by atoms with Crippen molar-refractivity contribution in [2.75, 3.05) is 24.6 Å². The summed E-state index contributed by atoms with van der Waals surface area (Å²) < 4.78 is 35.1. The van der Waals surface area contributed by atoms with Crippen molar-refractivity contribution < 1.29 is 23.4 Å². The molecule has 1 fully saturated rings. The van der Waals surface area contributed by atoms with Crippen LogP contribution in [0.3, 0.4) is 0 Å². The molecule has 0 unspecified atom stereocenters. The van der Waals surface area contributed by atoms with Crippen molar-refractivity contribution >= 4 is 11.7 Å². The van der Waals surface area contributed by atoms with Gasteiger partial charge in [-0.05, 0) is 49.8 Å². The van der Waals surface area contributed by atoms with Gasteiger partial charge in [-0.3, -0.25) is 4.79 Å². The van der Waals surface area contributed by atoms with Crippen LogP contribution in [0.25, 0.3) is 11.3 Å². The number of benzene rings is 1. The molecule has 1 aromatic heterocycles. The van der Waals surface area contributed by atoms with E-state index in [9.17, 15) is 13.6 Å². The number of aliphatic carboxylic acids is 1. The average molecular weight is 404 g/mol. The summed E-state index contributed by atoms with van der Waals surface area (Å²) in [4.78, 5) is 16.8. The Morgan fingerprint density at radius 3 is 2.55 bits per heavy atom.